The molecule has 6 nitrogen and oxygen atoms in total. The van der Waals surface area contributed by atoms with Crippen LogP contribution >= 0.6 is 0 Å². The zero-order valence-corrected chi connectivity index (χ0v) is 10.6. The summed E-state index contributed by atoms with van der Waals surface area (Å²) in [6.07, 6.45) is 1.07. The van der Waals surface area contributed by atoms with Crippen LogP contribution in [0.3, 0.4) is 0 Å². The molecule has 1 unspecified atom stereocenters. The van der Waals surface area contributed by atoms with Gasteiger partial charge in [0.15, 0.2) is 11.5 Å². The normalized spacial score (nSPS) is 11.8. The first-order valence-corrected chi connectivity index (χ1v) is 5.99. The zero-order valence-electron chi connectivity index (χ0n) is 10.6. The average Bonchev–Trinajstić information content (AvgIpc) is 2.32. The Labute approximate surface area is 110 Å². The SMILES string of the molecule is CCCC(CC(=O)O)NC(=O)c1cccc(O)c1O. The lowest BCUT2D eigenvalue weighted by atomic mass is 10.1. The monoisotopic (exact) mass is 267 g/mol. The quantitative estimate of drug-likeness (QED) is 0.584. The van der Waals surface area contributed by atoms with E-state index in [2.05, 4.69) is 5.32 Å². The fourth-order valence-electron chi connectivity index (χ4n) is 1.76. The maximum absolute atomic E-state index is 11.9. The molecule has 0 heterocycles. The predicted molar refractivity (Wildman–Crippen MR) is 68.2 cm³/mol. The van der Waals surface area contributed by atoms with E-state index in [1.165, 1.54) is 18.2 Å². The number of aliphatic carboxylic acids is 1. The number of para-hydroxylation sites is 1. The highest BCUT2D eigenvalue weighted by Gasteiger charge is 2.19. The van der Waals surface area contributed by atoms with E-state index < -0.39 is 29.4 Å². The van der Waals surface area contributed by atoms with Gasteiger partial charge in [-0.3, -0.25) is 9.59 Å². The Bertz CT molecular complexity index is 472. The number of carbonyl (C=O) groups is 2. The van der Waals surface area contributed by atoms with E-state index in [-0.39, 0.29) is 12.0 Å². The summed E-state index contributed by atoms with van der Waals surface area (Å²) in [5.41, 5.74) is -0.0773. The lowest BCUT2D eigenvalue weighted by Crippen LogP contribution is -2.36. The van der Waals surface area contributed by atoms with Crippen molar-refractivity contribution in [2.75, 3.05) is 0 Å². The molecule has 0 radical (unpaired) electrons. The van der Waals surface area contributed by atoms with Crippen LogP contribution in [0, 0.1) is 0 Å². The van der Waals surface area contributed by atoms with Crippen LogP contribution in [0.4, 0.5) is 0 Å². The highest BCUT2D eigenvalue weighted by molar-refractivity contribution is 5.97. The topological polar surface area (TPSA) is 107 Å². The fraction of sp³-hybridized carbons (Fsp3) is 0.385. The van der Waals surface area contributed by atoms with Gasteiger partial charge in [-0.25, -0.2) is 0 Å². The summed E-state index contributed by atoms with van der Waals surface area (Å²) in [6, 6.07) is 3.54. The van der Waals surface area contributed by atoms with Crippen LogP contribution in [-0.4, -0.2) is 33.2 Å². The Morgan fingerprint density at radius 2 is 2.00 bits per heavy atom. The van der Waals surface area contributed by atoms with Gasteiger partial charge in [-0.2, -0.15) is 0 Å². The number of benzene rings is 1. The van der Waals surface area contributed by atoms with Gasteiger partial charge < -0.3 is 20.6 Å². The van der Waals surface area contributed by atoms with E-state index >= 15 is 0 Å². The molecule has 104 valence electrons. The summed E-state index contributed by atoms with van der Waals surface area (Å²) in [5, 5.41) is 30.2. The van der Waals surface area contributed by atoms with Gasteiger partial charge in [0.2, 0.25) is 0 Å². The van der Waals surface area contributed by atoms with Crippen LogP contribution in [0.2, 0.25) is 0 Å². The molecule has 0 aromatic heterocycles. The third-order valence-electron chi connectivity index (χ3n) is 2.65. The molecule has 6 heteroatoms. The molecule has 0 spiro atoms. The third-order valence-corrected chi connectivity index (χ3v) is 2.65. The number of carboxylic acid groups (broad SMARTS) is 1. The van der Waals surface area contributed by atoms with Crippen LogP contribution in [0.15, 0.2) is 18.2 Å². The number of nitrogens with one attached hydrogen (secondary N) is 1. The van der Waals surface area contributed by atoms with Crippen molar-refractivity contribution in [2.45, 2.75) is 32.2 Å². The number of phenolic OH excluding ortho intramolecular Hbond substituents is 2. The molecule has 1 aromatic rings. The van der Waals surface area contributed by atoms with Crippen LogP contribution in [0.1, 0.15) is 36.5 Å². The molecule has 1 rings (SSSR count). The standard InChI is InChI=1S/C13H17NO5/c1-2-4-8(7-11(16)17)14-13(19)9-5-3-6-10(15)12(9)18/h3,5-6,8,15,18H,2,4,7H2,1H3,(H,14,19)(H,16,17). The molecular formula is C13H17NO5. The Balaban J connectivity index is 2.81. The van der Waals surface area contributed by atoms with Crippen molar-refractivity contribution in [3.05, 3.63) is 23.8 Å². The van der Waals surface area contributed by atoms with Crippen molar-refractivity contribution < 1.29 is 24.9 Å². The van der Waals surface area contributed by atoms with E-state index in [0.717, 1.165) is 6.42 Å². The van der Waals surface area contributed by atoms with Crippen LogP contribution in [-0.2, 0) is 4.79 Å². The maximum atomic E-state index is 11.9. The predicted octanol–water partition coefficient (Wildman–Crippen LogP) is 1.47. The molecule has 0 aliphatic heterocycles. The van der Waals surface area contributed by atoms with Gasteiger partial charge in [0.1, 0.15) is 0 Å². The molecule has 4 N–H and O–H groups in total. The highest BCUT2D eigenvalue weighted by atomic mass is 16.4. The van der Waals surface area contributed by atoms with E-state index in [0.29, 0.717) is 6.42 Å². The van der Waals surface area contributed by atoms with E-state index in [1.807, 2.05) is 6.92 Å². The lowest BCUT2D eigenvalue weighted by molar-refractivity contribution is -0.137. The summed E-state index contributed by atoms with van der Waals surface area (Å²) < 4.78 is 0. The second kappa shape index (κ2) is 6.63. The second-order valence-corrected chi connectivity index (χ2v) is 4.23. The molecule has 0 fully saturated rings. The zero-order chi connectivity index (χ0) is 14.4. The molecule has 1 aromatic carbocycles. The number of carboxylic acids is 1. The first-order valence-electron chi connectivity index (χ1n) is 5.99. The van der Waals surface area contributed by atoms with Gasteiger partial charge in [-0.05, 0) is 18.6 Å². The summed E-state index contributed by atoms with van der Waals surface area (Å²) >= 11 is 0. The van der Waals surface area contributed by atoms with Crippen molar-refractivity contribution >= 4 is 11.9 Å². The Kier molecular flexibility index (Phi) is 5.17. The second-order valence-electron chi connectivity index (χ2n) is 4.23. The number of hydrogen-bond acceptors (Lipinski definition) is 4. The molecule has 19 heavy (non-hydrogen) atoms. The third kappa shape index (κ3) is 4.17. The summed E-state index contributed by atoms with van der Waals surface area (Å²) in [5.74, 6) is -2.50. The molecule has 1 atom stereocenters. The molecule has 0 saturated carbocycles. The van der Waals surface area contributed by atoms with Gasteiger partial charge in [0.05, 0.1) is 12.0 Å². The molecule has 1 amide bonds. The molecule has 0 aliphatic rings. The van der Waals surface area contributed by atoms with Crippen molar-refractivity contribution in [1.82, 2.24) is 5.32 Å². The van der Waals surface area contributed by atoms with E-state index in [9.17, 15) is 19.8 Å². The van der Waals surface area contributed by atoms with Crippen LogP contribution < -0.4 is 5.32 Å². The summed E-state index contributed by atoms with van der Waals surface area (Å²) in [6.45, 7) is 1.88. The minimum absolute atomic E-state index is 0.0773. The van der Waals surface area contributed by atoms with Gasteiger partial charge in [0, 0.05) is 6.04 Å². The van der Waals surface area contributed by atoms with E-state index in [4.69, 9.17) is 5.11 Å². The van der Waals surface area contributed by atoms with Crippen LogP contribution in [0.25, 0.3) is 0 Å². The van der Waals surface area contributed by atoms with Gasteiger partial charge in [0.25, 0.3) is 5.91 Å². The average molecular weight is 267 g/mol. The first kappa shape index (κ1) is 14.8. The Hall–Kier alpha value is -2.24. The number of amides is 1. The van der Waals surface area contributed by atoms with Crippen molar-refractivity contribution in [3.63, 3.8) is 0 Å². The number of aromatic hydroxyl groups is 2. The minimum atomic E-state index is -1.00. The van der Waals surface area contributed by atoms with Gasteiger partial charge in [-0.1, -0.05) is 19.4 Å². The molecule has 0 bridgehead atoms. The number of phenols is 2. The molecule has 0 saturated heterocycles. The number of hydrogen-bond donors (Lipinski definition) is 4. The first-order chi connectivity index (χ1) is 8.95. The van der Waals surface area contributed by atoms with Crippen molar-refractivity contribution in [2.24, 2.45) is 0 Å². The number of carbonyl (C=O) groups excluding carboxylic acids is 1. The van der Waals surface area contributed by atoms with Gasteiger partial charge >= 0.3 is 5.97 Å². The van der Waals surface area contributed by atoms with Crippen LogP contribution in [0.5, 0.6) is 11.5 Å². The highest BCUT2D eigenvalue weighted by Crippen LogP contribution is 2.28. The smallest absolute Gasteiger partial charge is 0.305 e. The van der Waals surface area contributed by atoms with Gasteiger partial charge in [-0.15, -0.1) is 0 Å². The lowest BCUT2D eigenvalue weighted by Gasteiger charge is -2.16. The summed E-state index contributed by atoms with van der Waals surface area (Å²) in [7, 11) is 0. The fourth-order valence-corrected chi connectivity index (χ4v) is 1.76. The minimum Gasteiger partial charge on any atom is -0.504 e. The Morgan fingerprint density at radius 3 is 2.58 bits per heavy atom. The summed E-state index contributed by atoms with van der Waals surface area (Å²) in [4.78, 5) is 22.6. The largest absolute Gasteiger partial charge is 0.504 e. The van der Waals surface area contributed by atoms with Crippen molar-refractivity contribution in [1.29, 1.82) is 0 Å². The van der Waals surface area contributed by atoms with E-state index in [1.54, 1.807) is 0 Å². The van der Waals surface area contributed by atoms with Crippen molar-refractivity contribution in [3.8, 4) is 11.5 Å². The number of rotatable bonds is 6. The maximum Gasteiger partial charge on any atom is 0.305 e. The molecular weight excluding hydrogens is 250 g/mol. The Morgan fingerprint density at radius 1 is 1.32 bits per heavy atom. The molecule has 0 aliphatic carbocycles.